The lowest BCUT2D eigenvalue weighted by molar-refractivity contribution is -0.115. The molecule has 0 aromatic heterocycles. The zero-order valence-electron chi connectivity index (χ0n) is 15.6. The molecule has 2 aromatic rings. The molecule has 150 valence electrons. The summed E-state index contributed by atoms with van der Waals surface area (Å²) < 4.78 is 26.6. The van der Waals surface area contributed by atoms with Crippen molar-refractivity contribution >= 4 is 45.0 Å². The molecule has 1 saturated heterocycles. The van der Waals surface area contributed by atoms with Crippen LogP contribution in [0.4, 0.5) is 5.69 Å². The Balaban J connectivity index is 1.55. The van der Waals surface area contributed by atoms with Crippen LogP contribution in [0.2, 0.25) is 5.02 Å². The number of amides is 1. The molecule has 0 radical (unpaired) electrons. The second kappa shape index (κ2) is 9.31. The number of hydrogen-bond acceptors (Lipinski definition) is 4. The lowest BCUT2D eigenvalue weighted by Gasteiger charge is -2.16. The van der Waals surface area contributed by atoms with Gasteiger partial charge in [0.15, 0.2) is 0 Å². The van der Waals surface area contributed by atoms with E-state index >= 15 is 0 Å². The Morgan fingerprint density at radius 1 is 1.11 bits per heavy atom. The van der Waals surface area contributed by atoms with Gasteiger partial charge in [0.1, 0.15) is 0 Å². The molecular weight excluding hydrogens is 416 g/mol. The molecule has 1 N–H and O–H groups in total. The van der Waals surface area contributed by atoms with Crippen LogP contribution in [0.15, 0.2) is 53.4 Å². The standard InChI is InChI=1S/C20H23ClN2O3S2/c1-15(27-14-16-4-6-17(21)7-5-16)20(24)22-18-8-10-19(11-9-18)28(25,26)23-12-2-3-13-23/h4-11,15H,2-3,12-14H2,1H3,(H,22,24). The first-order valence-corrected chi connectivity index (χ1v) is 12.0. The number of thioether (sulfide) groups is 1. The summed E-state index contributed by atoms with van der Waals surface area (Å²) in [4.78, 5) is 12.7. The van der Waals surface area contributed by atoms with Crippen molar-refractivity contribution in [3.63, 3.8) is 0 Å². The topological polar surface area (TPSA) is 66.5 Å². The average molecular weight is 439 g/mol. The van der Waals surface area contributed by atoms with E-state index in [0.29, 0.717) is 29.6 Å². The molecule has 28 heavy (non-hydrogen) atoms. The molecule has 1 amide bonds. The average Bonchev–Trinajstić information content (AvgIpc) is 3.23. The number of carbonyl (C=O) groups excluding carboxylic acids is 1. The number of rotatable bonds is 7. The second-order valence-electron chi connectivity index (χ2n) is 6.70. The lowest BCUT2D eigenvalue weighted by atomic mass is 10.2. The van der Waals surface area contributed by atoms with Gasteiger partial charge >= 0.3 is 0 Å². The molecule has 1 fully saturated rings. The molecule has 1 aliphatic rings. The SMILES string of the molecule is CC(SCc1ccc(Cl)cc1)C(=O)Nc1ccc(S(=O)(=O)N2CCCC2)cc1. The molecular formula is C20H23ClN2O3S2. The molecule has 1 heterocycles. The van der Waals surface area contributed by atoms with Crippen LogP contribution in [0.5, 0.6) is 0 Å². The third-order valence-corrected chi connectivity index (χ3v) is 7.99. The minimum atomic E-state index is -3.44. The molecule has 1 unspecified atom stereocenters. The van der Waals surface area contributed by atoms with Gasteiger partial charge in [-0.05, 0) is 61.7 Å². The third-order valence-electron chi connectivity index (χ3n) is 4.61. The molecule has 0 aliphatic carbocycles. The fraction of sp³-hybridized carbons (Fsp3) is 0.350. The smallest absolute Gasteiger partial charge is 0.243 e. The minimum Gasteiger partial charge on any atom is -0.325 e. The minimum absolute atomic E-state index is 0.117. The Bertz CT molecular complexity index is 909. The first-order chi connectivity index (χ1) is 13.4. The summed E-state index contributed by atoms with van der Waals surface area (Å²) in [6, 6.07) is 13.9. The van der Waals surface area contributed by atoms with Crippen molar-refractivity contribution in [1.82, 2.24) is 4.31 Å². The molecule has 8 heteroatoms. The van der Waals surface area contributed by atoms with Crippen molar-refractivity contribution < 1.29 is 13.2 Å². The van der Waals surface area contributed by atoms with Crippen molar-refractivity contribution in [3.8, 4) is 0 Å². The van der Waals surface area contributed by atoms with Crippen LogP contribution in [0.25, 0.3) is 0 Å². The number of benzene rings is 2. The maximum Gasteiger partial charge on any atom is 0.243 e. The van der Waals surface area contributed by atoms with E-state index in [1.54, 1.807) is 24.3 Å². The van der Waals surface area contributed by atoms with Crippen LogP contribution in [-0.4, -0.2) is 37.0 Å². The fourth-order valence-corrected chi connectivity index (χ4v) is 5.40. The summed E-state index contributed by atoms with van der Waals surface area (Å²) in [5.74, 6) is 0.591. The normalized spacial score (nSPS) is 16.1. The molecule has 2 aromatic carbocycles. The maximum atomic E-state index is 12.5. The number of nitrogens with one attached hydrogen (secondary N) is 1. The van der Waals surface area contributed by atoms with Gasteiger partial charge in [0.2, 0.25) is 15.9 Å². The summed E-state index contributed by atoms with van der Waals surface area (Å²) in [5, 5.41) is 3.29. The number of nitrogens with zero attached hydrogens (tertiary/aromatic N) is 1. The third kappa shape index (κ3) is 5.29. The highest BCUT2D eigenvalue weighted by molar-refractivity contribution is 7.99. The molecule has 0 spiro atoms. The monoisotopic (exact) mass is 438 g/mol. The van der Waals surface area contributed by atoms with Crippen LogP contribution >= 0.6 is 23.4 Å². The van der Waals surface area contributed by atoms with Crippen LogP contribution in [0, 0.1) is 0 Å². The first-order valence-electron chi connectivity index (χ1n) is 9.13. The zero-order valence-corrected chi connectivity index (χ0v) is 18.0. The second-order valence-corrected chi connectivity index (χ2v) is 10.4. The van der Waals surface area contributed by atoms with Gasteiger partial charge in [0, 0.05) is 29.6 Å². The summed E-state index contributed by atoms with van der Waals surface area (Å²) in [5.41, 5.74) is 1.69. The van der Waals surface area contributed by atoms with E-state index in [1.165, 1.54) is 16.1 Å². The summed E-state index contributed by atoms with van der Waals surface area (Å²) in [7, 11) is -3.44. The predicted octanol–water partition coefficient (Wildman–Crippen LogP) is 4.38. The Hall–Kier alpha value is -1.54. The number of hydrogen-bond donors (Lipinski definition) is 1. The summed E-state index contributed by atoms with van der Waals surface area (Å²) in [6.45, 7) is 2.99. The largest absolute Gasteiger partial charge is 0.325 e. The molecule has 0 bridgehead atoms. The number of carbonyl (C=O) groups is 1. The highest BCUT2D eigenvalue weighted by Crippen LogP contribution is 2.24. The van der Waals surface area contributed by atoms with Crippen LogP contribution < -0.4 is 5.32 Å². The van der Waals surface area contributed by atoms with Gasteiger partial charge in [0.05, 0.1) is 10.1 Å². The fourth-order valence-electron chi connectivity index (χ4n) is 2.91. The van der Waals surface area contributed by atoms with Crippen molar-refractivity contribution in [3.05, 3.63) is 59.1 Å². The van der Waals surface area contributed by atoms with E-state index < -0.39 is 10.0 Å². The van der Waals surface area contributed by atoms with E-state index in [4.69, 9.17) is 11.6 Å². The van der Waals surface area contributed by atoms with Gasteiger partial charge in [-0.1, -0.05) is 23.7 Å². The highest BCUT2D eigenvalue weighted by Gasteiger charge is 2.27. The molecule has 1 atom stereocenters. The predicted molar refractivity (Wildman–Crippen MR) is 115 cm³/mol. The van der Waals surface area contributed by atoms with Crippen molar-refractivity contribution in [1.29, 1.82) is 0 Å². The maximum absolute atomic E-state index is 12.5. The number of sulfonamides is 1. The Labute approximate surface area is 175 Å². The summed E-state index contributed by atoms with van der Waals surface area (Å²) >= 11 is 7.41. The highest BCUT2D eigenvalue weighted by atomic mass is 35.5. The number of halogens is 1. The lowest BCUT2D eigenvalue weighted by Crippen LogP contribution is -2.27. The van der Waals surface area contributed by atoms with E-state index in [2.05, 4.69) is 5.32 Å². The van der Waals surface area contributed by atoms with Gasteiger partial charge in [-0.25, -0.2) is 8.42 Å². The zero-order chi connectivity index (χ0) is 20.1. The quantitative estimate of drug-likeness (QED) is 0.696. The van der Waals surface area contributed by atoms with Gasteiger partial charge < -0.3 is 5.32 Å². The van der Waals surface area contributed by atoms with Crippen molar-refractivity contribution in [2.75, 3.05) is 18.4 Å². The van der Waals surface area contributed by atoms with Gasteiger partial charge in [0.25, 0.3) is 0 Å². The van der Waals surface area contributed by atoms with E-state index in [0.717, 1.165) is 18.4 Å². The Morgan fingerprint density at radius 2 is 1.71 bits per heavy atom. The molecule has 3 rings (SSSR count). The van der Waals surface area contributed by atoms with Crippen LogP contribution in [-0.2, 0) is 20.6 Å². The Morgan fingerprint density at radius 3 is 2.32 bits per heavy atom. The summed E-state index contributed by atoms with van der Waals surface area (Å²) in [6.07, 6.45) is 1.80. The molecule has 1 aliphatic heterocycles. The molecule has 5 nitrogen and oxygen atoms in total. The van der Waals surface area contributed by atoms with E-state index in [-0.39, 0.29) is 16.1 Å². The van der Waals surface area contributed by atoms with E-state index in [1.807, 2.05) is 31.2 Å². The van der Waals surface area contributed by atoms with Gasteiger partial charge in [-0.3, -0.25) is 4.79 Å². The van der Waals surface area contributed by atoms with Crippen molar-refractivity contribution in [2.24, 2.45) is 0 Å². The first kappa shape index (κ1) is 21.2. The van der Waals surface area contributed by atoms with Crippen LogP contribution in [0.3, 0.4) is 0 Å². The number of anilines is 1. The van der Waals surface area contributed by atoms with Gasteiger partial charge in [-0.2, -0.15) is 4.31 Å². The molecule has 0 saturated carbocycles. The van der Waals surface area contributed by atoms with Crippen LogP contribution in [0.1, 0.15) is 25.3 Å². The van der Waals surface area contributed by atoms with Crippen molar-refractivity contribution in [2.45, 2.75) is 35.7 Å². The Kier molecular flexibility index (Phi) is 7.04. The van der Waals surface area contributed by atoms with E-state index in [9.17, 15) is 13.2 Å². The van der Waals surface area contributed by atoms with Gasteiger partial charge in [-0.15, -0.1) is 11.8 Å².